The van der Waals surface area contributed by atoms with E-state index >= 15 is 0 Å². The van der Waals surface area contributed by atoms with E-state index in [4.69, 9.17) is 0 Å². The first kappa shape index (κ1) is 14.6. The van der Waals surface area contributed by atoms with Crippen LogP contribution in [0.3, 0.4) is 0 Å². The number of benzene rings is 1. The van der Waals surface area contributed by atoms with E-state index < -0.39 is 0 Å². The maximum Gasteiger partial charge on any atom is 0.237 e. The maximum atomic E-state index is 12.4. The van der Waals surface area contributed by atoms with E-state index in [1.165, 1.54) is 36.8 Å². The SMILES string of the molecule is CC1CCCC(CNC(=O)C2Cc3ccccc3CN2)C1. The second kappa shape index (κ2) is 6.61. The Bertz CT molecular complexity index is 500. The summed E-state index contributed by atoms with van der Waals surface area (Å²) in [5.74, 6) is 1.66. The fourth-order valence-corrected chi connectivity index (χ4v) is 3.75. The highest BCUT2D eigenvalue weighted by Gasteiger charge is 2.25. The minimum absolute atomic E-state index is 0.0686. The second-order valence-electron chi connectivity index (χ2n) is 6.79. The van der Waals surface area contributed by atoms with Crippen LogP contribution in [0.15, 0.2) is 24.3 Å². The van der Waals surface area contributed by atoms with Gasteiger partial charge in [-0.25, -0.2) is 0 Å². The smallest absolute Gasteiger partial charge is 0.237 e. The molecule has 1 aliphatic carbocycles. The van der Waals surface area contributed by atoms with Gasteiger partial charge in [-0.05, 0) is 42.2 Å². The van der Waals surface area contributed by atoms with E-state index in [0.717, 1.165) is 25.4 Å². The molecule has 0 bridgehead atoms. The number of nitrogens with one attached hydrogen (secondary N) is 2. The lowest BCUT2D eigenvalue weighted by Crippen LogP contribution is -2.48. The molecule has 0 aromatic heterocycles. The summed E-state index contributed by atoms with van der Waals surface area (Å²) < 4.78 is 0. The topological polar surface area (TPSA) is 41.1 Å². The number of hydrogen-bond donors (Lipinski definition) is 2. The van der Waals surface area contributed by atoms with Gasteiger partial charge in [-0.15, -0.1) is 0 Å². The highest BCUT2D eigenvalue weighted by molar-refractivity contribution is 5.82. The van der Waals surface area contributed by atoms with Crippen molar-refractivity contribution in [3.05, 3.63) is 35.4 Å². The van der Waals surface area contributed by atoms with Crippen molar-refractivity contribution >= 4 is 5.91 Å². The fourth-order valence-electron chi connectivity index (χ4n) is 3.75. The first-order chi connectivity index (χ1) is 10.2. The summed E-state index contributed by atoms with van der Waals surface area (Å²) in [6, 6.07) is 8.33. The Balaban J connectivity index is 1.50. The maximum absolute atomic E-state index is 12.4. The molecular weight excluding hydrogens is 260 g/mol. The molecule has 1 saturated carbocycles. The Morgan fingerprint density at radius 1 is 1.29 bits per heavy atom. The third-order valence-electron chi connectivity index (χ3n) is 5.01. The van der Waals surface area contributed by atoms with Crippen LogP contribution in [0.1, 0.15) is 43.7 Å². The molecule has 1 fully saturated rings. The number of fused-ring (bicyclic) bond motifs is 1. The summed E-state index contributed by atoms with van der Waals surface area (Å²) in [6.07, 6.45) is 6.01. The fraction of sp³-hybridized carbons (Fsp3) is 0.611. The van der Waals surface area contributed by atoms with E-state index in [9.17, 15) is 4.79 Å². The first-order valence-corrected chi connectivity index (χ1v) is 8.30. The normalized spacial score (nSPS) is 28.7. The van der Waals surface area contributed by atoms with Crippen LogP contribution in [0.25, 0.3) is 0 Å². The molecule has 0 radical (unpaired) electrons. The molecule has 2 aliphatic rings. The number of hydrogen-bond acceptors (Lipinski definition) is 2. The van der Waals surface area contributed by atoms with E-state index in [2.05, 4.69) is 41.8 Å². The Kier molecular flexibility index (Phi) is 4.59. The minimum atomic E-state index is -0.0686. The molecule has 0 spiro atoms. The quantitative estimate of drug-likeness (QED) is 0.897. The van der Waals surface area contributed by atoms with E-state index in [-0.39, 0.29) is 11.9 Å². The first-order valence-electron chi connectivity index (χ1n) is 8.30. The van der Waals surface area contributed by atoms with Crippen molar-refractivity contribution in [3.8, 4) is 0 Å². The standard InChI is InChI=1S/C18H26N2O/c1-13-5-4-6-14(9-13)11-20-18(21)17-10-15-7-2-3-8-16(15)12-19-17/h2-3,7-8,13-14,17,19H,4-6,9-12H2,1H3,(H,20,21). The lowest BCUT2D eigenvalue weighted by Gasteiger charge is -2.29. The Morgan fingerprint density at radius 2 is 2.10 bits per heavy atom. The lowest BCUT2D eigenvalue weighted by molar-refractivity contribution is -0.123. The average Bonchev–Trinajstić information content (AvgIpc) is 2.52. The predicted octanol–water partition coefficient (Wildman–Crippen LogP) is 2.64. The molecule has 0 saturated heterocycles. The molecule has 3 heteroatoms. The molecule has 21 heavy (non-hydrogen) atoms. The molecule has 1 aromatic rings. The van der Waals surface area contributed by atoms with Crippen LogP contribution in [-0.2, 0) is 17.8 Å². The summed E-state index contributed by atoms with van der Waals surface area (Å²) in [6.45, 7) is 3.98. The number of carbonyl (C=O) groups excluding carboxylic acids is 1. The second-order valence-corrected chi connectivity index (χ2v) is 6.79. The average molecular weight is 286 g/mol. The molecule has 1 amide bonds. The van der Waals surface area contributed by atoms with Gasteiger partial charge in [0.1, 0.15) is 0 Å². The number of amides is 1. The van der Waals surface area contributed by atoms with E-state index in [0.29, 0.717) is 5.92 Å². The summed E-state index contributed by atoms with van der Waals surface area (Å²) in [4.78, 5) is 12.4. The van der Waals surface area contributed by atoms with Crippen LogP contribution < -0.4 is 10.6 Å². The van der Waals surface area contributed by atoms with E-state index in [1.807, 2.05) is 0 Å². The monoisotopic (exact) mass is 286 g/mol. The Labute approximate surface area is 127 Å². The van der Waals surface area contributed by atoms with Gasteiger partial charge in [-0.2, -0.15) is 0 Å². The van der Waals surface area contributed by atoms with Crippen molar-refractivity contribution in [2.75, 3.05) is 6.54 Å². The Hall–Kier alpha value is -1.35. The van der Waals surface area contributed by atoms with Crippen molar-refractivity contribution in [3.63, 3.8) is 0 Å². The molecule has 1 heterocycles. The van der Waals surface area contributed by atoms with Crippen LogP contribution in [0.5, 0.6) is 0 Å². The van der Waals surface area contributed by atoms with Gasteiger partial charge in [0.15, 0.2) is 0 Å². The molecule has 2 N–H and O–H groups in total. The molecule has 3 unspecified atom stereocenters. The molecule has 114 valence electrons. The Morgan fingerprint density at radius 3 is 2.90 bits per heavy atom. The van der Waals surface area contributed by atoms with Gasteiger partial charge in [0, 0.05) is 13.1 Å². The zero-order valence-electron chi connectivity index (χ0n) is 12.9. The van der Waals surface area contributed by atoms with Crippen molar-refractivity contribution in [1.29, 1.82) is 0 Å². The summed E-state index contributed by atoms with van der Waals surface area (Å²) >= 11 is 0. The minimum Gasteiger partial charge on any atom is -0.354 e. The third kappa shape index (κ3) is 3.65. The zero-order valence-corrected chi connectivity index (χ0v) is 12.9. The van der Waals surface area contributed by atoms with E-state index in [1.54, 1.807) is 0 Å². The van der Waals surface area contributed by atoms with Gasteiger partial charge in [-0.3, -0.25) is 4.79 Å². The van der Waals surface area contributed by atoms with Gasteiger partial charge in [0.05, 0.1) is 6.04 Å². The van der Waals surface area contributed by atoms with Gasteiger partial charge in [-0.1, -0.05) is 44.0 Å². The van der Waals surface area contributed by atoms with Crippen molar-refractivity contribution in [2.45, 2.75) is 51.6 Å². The largest absolute Gasteiger partial charge is 0.354 e. The number of rotatable bonds is 3. The highest BCUT2D eigenvalue weighted by atomic mass is 16.2. The summed E-state index contributed by atoms with van der Waals surface area (Å²) in [5, 5.41) is 6.53. The van der Waals surface area contributed by atoms with Gasteiger partial charge in [0.25, 0.3) is 0 Å². The number of carbonyl (C=O) groups is 1. The van der Waals surface area contributed by atoms with Crippen LogP contribution in [-0.4, -0.2) is 18.5 Å². The van der Waals surface area contributed by atoms with Crippen molar-refractivity contribution in [1.82, 2.24) is 10.6 Å². The van der Waals surface area contributed by atoms with Crippen LogP contribution >= 0.6 is 0 Å². The molecular formula is C18H26N2O. The summed E-state index contributed by atoms with van der Waals surface area (Å²) in [7, 11) is 0. The summed E-state index contributed by atoms with van der Waals surface area (Å²) in [5.41, 5.74) is 2.63. The molecule has 1 aromatic carbocycles. The molecule has 3 rings (SSSR count). The van der Waals surface area contributed by atoms with Gasteiger partial charge < -0.3 is 10.6 Å². The van der Waals surface area contributed by atoms with Gasteiger partial charge in [0.2, 0.25) is 5.91 Å². The van der Waals surface area contributed by atoms with Crippen molar-refractivity contribution in [2.24, 2.45) is 11.8 Å². The lowest BCUT2D eigenvalue weighted by atomic mass is 9.82. The van der Waals surface area contributed by atoms with Crippen LogP contribution in [0.4, 0.5) is 0 Å². The highest BCUT2D eigenvalue weighted by Crippen LogP contribution is 2.28. The zero-order chi connectivity index (χ0) is 14.7. The third-order valence-corrected chi connectivity index (χ3v) is 5.01. The van der Waals surface area contributed by atoms with Crippen LogP contribution in [0.2, 0.25) is 0 Å². The van der Waals surface area contributed by atoms with Gasteiger partial charge >= 0.3 is 0 Å². The molecule has 3 atom stereocenters. The van der Waals surface area contributed by atoms with Crippen molar-refractivity contribution < 1.29 is 4.79 Å². The van der Waals surface area contributed by atoms with Crippen LogP contribution in [0, 0.1) is 11.8 Å². The predicted molar refractivity (Wildman–Crippen MR) is 84.9 cm³/mol. The molecule has 1 aliphatic heterocycles. The molecule has 3 nitrogen and oxygen atoms in total.